The Kier molecular flexibility index (Phi) is 6.61. The molecule has 0 aliphatic heterocycles. The number of alkyl halides is 3. The topological polar surface area (TPSA) is 106 Å². The first-order valence-electron chi connectivity index (χ1n) is 9.02. The highest BCUT2D eigenvalue weighted by molar-refractivity contribution is 6.48. The molecule has 0 radical (unpaired) electrons. The van der Waals surface area contributed by atoms with Crippen LogP contribution in [0.1, 0.15) is 6.42 Å². The van der Waals surface area contributed by atoms with Crippen LogP contribution in [0.4, 0.5) is 35.0 Å². The maximum Gasteiger partial charge on any atom is 0.573 e. The van der Waals surface area contributed by atoms with Gasteiger partial charge in [0.25, 0.3) is 5.95 Å². The molecule has 1 aliphatic carbocycles. The molecule has 0 bridgehead atoms. The molecule has 1 aromatic heterocycles. The van der Waals surface area contributed by atoms with E-state index in [9.17, 15) is 27.2 Å². The van der Waals surface area contributed by atoms with Crippen LogP contribution >= 0.6 is 0 Å². The van der Waals surface area contributed by atoms with Gasteiger partial charge in [0, 0.05) is 36.9 Å². The van der Waals surface area contributed by atoms with Gasteiger partial charge in [-0.25, -0.2) is 14.4 Å². The summed E-state index contributed by atoms with van der Waals surface area (Å²) in [5, 5.41) is 4.89. The van der Waals surface area contributed by atoms with Crippen molar-refractivity contribution in [2.45, 2.75) is 12.8 Å². The van der Waals surface area contributed by atoms with E-state index in [0.717, 1.165) is 24.4 Å². The number of halogens is 4. The van der Waals surface area contributed by atoms with Crippen molar-refractivity contribution in [2.75, 3.05) is 12.4 Å². The normalized spacial score (nSPS) is 16.3. The second kappa shape index (κ2) is 9.37. The lowest BCUT2D eigenvalue weighted by atomic mass is 9.98. The summed E-state index contributed by atoms with van der Waals surface area (Å²) in [4.78, 5) is 35.6. The number of likely N-dealkylation sites (N-methyl/N-ethyl adjacent to an activating group) is 1. The molecule has 1 aliphatic rings. The molecule has 0 saturated carbocycles. The van der Waals surface area contributed by atoms with E-state index in [1.54, 1.807) is 6.08 Å². The van der Waals surface area contributed by atoms with Gasteiger partial charge in [0.05, 0.1) is 11.9 Å². The Hall–Kier alpha value is -4.09. The molecular weight excluding hydrogens is 434 g/mol. The molecule has 2 N–H and O–H groups in total. The van der Waals surface area contributed by atoms with E-state index in [4.69, 9.17) is 0 Å². The molecule has 0 unspecified atom stereocenters. The number of Topliss-reactive ketones (excluding diaryl/α,β-unsaturated/α-hetero) is 1. The first kappa shape index (κ1) is 22.6. The third-order valence-electron chi connectivity index (χ3n) is 3.96. The van der Waals surface area contributed by atoms with Gasteiger partial charge in [-0.2, -0.15) is 4.98 Å². The lowest BCUT2D eigenvalue weighted by Gasteiger charge is -2.12. The lowest BCUT2D eigenvalue weighted by molar-refractivity contribution is -0.274. The number of carbonyl (C=O) groups is 2. The van der Waals surface area contributed by atoms with E-state index in [1.165, 1.54) is 25.3 Å². The first-order valence-corrected chi connectivity index (χ1v) is 9.02. The summed E-state index contributed by atoms with van der Waals surface area (Å²) in [6, 6.07) is 4.74. The zero-order chi connectivity index (χ0) is 23.3. The van der Waals surface area contributed by atoms with Crippen LogP contribution in [-0.4, -0.2) is 40.8 Å². The van der Waals surface area contributed by atoms with Crippen molar-refractivity contribution in [3.8, 4) is 5.75 Å². The van der Waals surface area contributed by atoms with Crippen LogP contribution in [0, 0.1) is 5.82 Å². The number of carbonyl (C=O) groups excluding carboxylic acids is 2. The van der Waals surface area contributed by atoms with E-state index in [-0.39, 0.29) is 35.2 Å². The Bertz CT molecular complexity index is 1140. The number of nitrogens with zero attached hydrogens (tertiary/aromatic N) is 3. The summed E-state index contributed by atoms with van der Waals surface area (Å²) >= 11 is 0. The number of ketones is 1. The number of benzene rings is 1. The number of hydrogen-bond donors (Lipinski definition) is 2. The van der Waals surface area contributed by atoms with Gasteiger partial charge in [-0.15, -0.1) is 13.2 Å². The molecule has 32 heavy (non-hydrogen) atoms. The fourth-order valence-electron chi connectivity index (χ4n) is 2.58. The first-order chi connectivity index (χ1) is 15.1. The standard InChI is InChI=1S/C20H15F4N5O3/c1-25-16(30)8-11-4-2-7-15(17(11)31)28-19-26-10-14(21)18(29-19)27-12-5-3-6-13(9-12)32-20(22,23)24/h2-6,8-10H,7H2,1H3,(H,25,30)(H,26,27,29). The Morgan fingerprint density at radius 3 is 2.81 bits per heavy atom. The van der Waals surface area contributed by atoms with E-state index in [1.807, 2.05) is 0 Å². The largest absolute Gasteiger partial charge is 0.573 e. The maximum absolute atomic E-state index is 14.1. The minimum absolute atomic E-state index is 0.0285. The van der Waals surface area contributed by atoms with Gasteiger partial charge in [-0.3, -0.25) is 9.59 Å². The molecule has 0 atom stereocenters. The van der Waals surface area contributed by atoms with Gasteiger partial charge in [-0.05, 0) is 12.1 Å². The Labute approximate surface area is 178 Å². The average molecular weight is 449 g/mol. The Balaban J connectivity index is 1.84. The maximum atomic E-state index is 14.1. The highest BCUT2D eigenvalue weighted by Crippen LogP contribution is 2.27. The van der Waals surface area contributed by atoms with Crippen LogP contribution in [0.5, 0.6) is 5.75 Å². The van der Waals surface area contributed by atoms with Crippen LogP contribution < -0.4 is 15.4 Å². The zero-order valence-electron chi connectivity index (χ0n) is 16.4. The van der Waals surface area contributed by atoms with Crippen molar-refractivity contribution in [1.82, 2.24) is 15.3 Å². The molecule has 8 nitrogen and oxygen atoms in total. The van der Waals surface area contributed by atoms with E-state index in [0.29, 0.717) is 0 Å². The molecule has 1 heterocycles. The van der Waals surface area contributed by atoms with Crippen LogP contribution in [0.15, 0.2) is 59.3 Å². The van der Waals surface area contributed by atoms with E-state index in [2.05, 4.69) is 30.3 Å². The quantitative estimate of drug-likeness (QED) is 0.535. The summed E-state index contributed by atoms with van der Waals surface area (Å²) in [6.07, 6.45) is 0.268. The number of hydrogen-bond acceptors (Lipinski definition) is 7. The molecule has 0 fully saturated rings. The third-order valence-corrected chi connectivity index (χ3v) is 3.96. The van der Waals surface area contributed by atoms with E-state index >= 15 is 0 Å². The number of anilines is 2. The van der Waals surface area contributed by atoms with Crippen molar-refractivity contribution >= 4 is 34.9 Å². The molecule has 0 spiro atoms. The molecule has 12 heteroatoms. The lowest BCUT2D eigenvalue weighted by Crippen LogP contribution is -2.22. The minimum Gasteiger partial charge on any atom is -0.406 e. The molecule has 2 aromatic rings. The minimum atomic E-state index is -4.88. The number of ether oxygens (including phenoxy) is 1. The molecular formula is C20H15F4N5O3. The zero-order valence-corrected chi connectivity index (χ0v) is 16.4. The van der Waals surface area contributed by atoms with E-state index < -0.39 is 29.6 Å². The van der Waals surface area contributed by atoms with Gasteiger partial charge in [0.1, 0.15) is 5.75 Å². The number of allylic oxidation sites excluding steroid dienone is 3. The van der Waals surface area contributed by atoms with Crippen molar-refractivity contribution in [1.29, 1.82) is 0 Å². The second-order valence-electron chi connectivity index (χ2n) is 6.28. The van der Waals surface area contributed by atoms with Crippen molar-refractivity contribution in [3.05, 3.63) is 60.1 Å². The average Bonchev–Trinajstić information content (AvgIpc) is 2.72. The van der Waals surface area contributed by atoms with Crippen LogP contribution in [0.3, 0.4) is 0 Å². The van der Waals surface area contributed by atoms with Crippen LogP contribution in [0.25, 0.3) is 0 Å². The van der Waals surface area contributed by atoms with Gasteiger partial charge in [-0.1, -0.05) is 18.2 Å². The number of aliphatic imine (C=N–C) groups is 1. The Morgan fingerprint density at radius 1 is 1.31 bits per heavy atom. The SMILES string of the molecule is CNC(=O)C=C1C=CCC(=Nc2ncc(F)c(Nc3cccc(OC(F)(F)F)c3)n2)C1=O. The number of aromatic nitrogens is 2. The molecule has 3 rings (SSSR count). The highest BCUT2D eigenvalue weighted by Gasteiger charge is 2.31. The number of rotatable bonds is 5. The molecule has 0 saturated heterocycles. The van der Waals surface area contributed by atoms with Gasteiger partial charge >= 0.3 is 6.36 Å². The summed E-state index contributed by atoms with van der Waals surface area (Å²) < 4.78 is 55.2. The summed E-state index contributed by atoms with van der Waals surface area (Å²) in [5.74, 6) is -3.02. The van der Waals surface area contributed by atoms with Crippen molar-refractivity contribution in [2.24, 2.45) is 4.99 Å². The van der Waals surface area contributed by atoms with Gasteiger partial charge < -0.3 is 15.4 Å². The predicted molar refractivity (Wildman–Crippen MR) is 106 cm³/mol. The smallest absolute Gasteiger partial charge is 0.406 e. The fourth-order valence-corrected chi connectivity index (χ4v) is 2.58. The number of nitrogens with one attached hydrogen (secondary N) is 2. The van der Waals surface area contributed by atoms with Crippen molar-refractivity contribution < 1.29 is 31.9 Å². The fraction of sp³-hybridized carbons (Fsp3) is 0.150. The predicted octanol–water partition coefficient (Wildman–Crippen LogP) is 3.53. The number of amides is 1. The summed E-state index contributed by atoms with van der Waals surface area (Å²) in [6.45, 7) is 0. The van der Waals surface area contributed by atoms with Crippen LogP contribution in [0.2, 0.25) is 0 Å². The molecule has 1 amide bonds. The third kappa shape index (κ3) is 5.97. The van der Waals surface area contributed by atoms with Gasteiger partial charge in [0.15, 0.2) is 11.6 Å². The Morgan fingerprint density at radius 2 is 2.09 bits per heavy atom. The summed E-state index contributed by atoms with van der Waals surface area (Å²) in [7, 11) is 1.41. The highest BCUT2D eigenvalue weighted by atomic mass is 19.4. The summed E-state index contributed by atoms with van der Waals surface area (Å²) in [5.41, 5.74) is 0.201. The van der Waals surface area contributed by atoms with Gasteiger partial charge in [0.2, 0.25) is 11.7 Å². The molecule has 166 valence electrons. The van der Waals surface area contributed by atoms with Crippen molar-refractivity contribution in [3.63, 3.8) is 0 Å². The van der Waals surface area contributed by atoms with Crippen LogP contribution in [-0.2, 0) is 9.59 Å². The monoisotopic (exact) mass is 449 g/mol. The molecule has 1 aromatic carbocycles. The second-order valence-corrected chi connectivity index (χ2v) is 6.28.